The van der Waals surface area contributed by atoms with Gasteiger partial charge in [0, 0.05) is 29.6 Å². The summed E-state index contributed by atoms with van der Waals surface area (Å²) < 4.78 is 19.6. The van der Waals surface area contributed by atoms with Crippen molar-refractivity contribution in [1.29, 1.82) is 0 Å². The summed E-state index contributed by atoms with van der Waals surface area (Å²) in [6.07, 6.45) is 7.89. The van der Waals surface area contributed by atoms with Gasteiger partial charge in [0.2, 0.25) is 0 Å². The lowest BCUT2D eigenvalue weighted by Crippen LogP contribution is -2.78. The van der Waals surface area contributed by atoms with Crippen LogP contribution >= 0.6 is 0 Å². The summed E-state index contributed by atoms with van der Waals surface area (Å²) in [5.74, 6) is -0.398. The van der Waals surface area contributed by atoms with Gasteiger partial charge >= 0.3 is 0 Å². The molecule has 3 aromatic carbocycles. The van der Waals surface area contributed by atoms with Crippen molar-refractivity contribution in [3.05, 3.63) is 107 Å². The Morgan fingerprint density at radius 1 is 0.974 bits per heavy atom. The molecule has 0 spiro atoms. The largest absolute Gasteiger partial charge is 0.455 e. The number of hydrogen-bond donors (Lipinski definition) is 3. The summed E-state index contributed by atoms with van der Waals surface area (Å²) >= 11 is 0. The van der Waals surface area contributed by atoms with E-state index in [2.05, 4.69) is 22.0 Å². The fraction of sp³-hybridized carbons (Fsp3) is 0.161. The van der Waals surface area contributed by atoms with Crippen LogP contribution in [0.1, 0.15) is 39.1 Å². The molecule has 38 heavy (non-hydrogen) atoms. The van der Waals surface area contributed by atoms with E-state index in [1.807, 2.05) is 55.6 Å². The predicted octanol–water partition coefficient (Wildman–Crippen LogP) is 4.81. The Labute approximate surface area is 219 Å². The minimum atomic E-state index is -0.365. The third kappa shape index (κ3) is 4.11. The standard InChI is InChI=1S/C31H26FN3O3/c1-18-5-6-21(29(36)35-31(13-14-31)26-4-3-15-34-26)17-23(18)20-9-12-25-24(16-20)27(30(37)33-2)28(38-25)19-7-10-22(32)11-8-19/h3-12,15-17,34H,13-14H2,1-2H3,(H,33,37)(H,35,36)/p+1. The van der Waals surface area contributed by atoms with Crippen LogP contribution in [0.15, 0.2) is 89.1 Å². The fourth-order valence-corrected chi connectivity index (χ4v) is 5.09. The van der Waals surface area contributed by atoms with Gasteiger partial charge < -0.3 is 15.1 Å². The second-order valence-corrected chi connectivity index (χ2v) is 9.84. The van der Waals surface area contributed by atoms with Crippen molar-refractivity contribution in [2.45, 2.75) is 25.3 Å². The third-order valence-electron chi connectivity index (χ3n) is 7.38. The summed E-state index contributed by atoms with van der Waals surface area (Å²) in [6.45, 7) is 1.99. The first-order valence-electron chi connectivity index (χ1n) is 12.6. The summed E-state index contributed by atoms with van der Waals surface area (Å²) in [4.78, 5) is 26.2. The van der Waals surface area contributed by atoms with E-state index in [1.165, 1.54) is 12.1 Å². The van der Waals surface area contributed by atoms with E-state index >= 15 is 0 Å². The zero-order valence-corrected chi connectivity index (χ0v) is 21.1. The Hall–Kier alpha value is -4.49. The molecule has 2 aliphatic rings. The number of aryl methyl sites for hydroxylation is 1. The summed E-state index contributed by atoms with van der Waals surface area (Å²) in [5, 5.41) is 8.62. The van der Waals surface area contributed by atoms with Crippen molar-refractivity contribution in [2.24, 2.45) is 0 Å². The van der Waals surface area contributed by atoms with E-state index in [0.717, 1.165) is 35.2 Å². The molecule has 0 unspecified atom stereocenters. The van der Waals surface area contributed by atoms with Gasteiger partial charge in [0.1, 0.15) is 28.4 Å². The lowest BCUT2D eigenvalue weighted by Gasteiger charge is -2.17. The van der Waals surface area contributed by atoms with Crippen LogP contribution in [0.2, 0.25) is 0 Å². The number of halogens is 1. The minimum absolute atomic E-state index is 0.112. The van der Waals surface area contributed by atoms with Gasteiger partial charge in [-0.05, 0) is 91.1 Å². The number of allylic oxidation sites excluding steroid dienone is 2. The number of nitrogens with one attached hydrogen (secondary N) is 2. The van der Waals surface area contributed by atoms with Crippen molar-refractivity contribution < 1.29 is 23.7 Å². The maximum Gasteiger partial charge on any atom is 0.255 e. The van der Waals surface area contributed by atoms with E-state index in [9.17, 15) is 14.0 Å². The quantitative estimate of drug-likeness (QED) is 0.349. The van der Waals surface area contributed by atoms with Crippen LogP contribution in [-0.4, -0.2) is 24.4 Å². The molecule has 190 valence electrons. The molecule has 1 aliphatic carbocycles. The molecule has 1 saturated carbocycles. The SMILES string of the molecule is CNC(=O)c1c(-c2ccc(F)cc2)oc2ccc(-c3cc(C(=O)NC4(C5=CC=C[NH2+]5)CC4)ccc3C)cc12. The van der Waals surface area contributed by atoms with Crippen LogP contribution < -0.4 is 16.0 Å². The maximum atomic E-state index is 13.5. The maximum absolute atomic E-state index is 13.5. The molecule has 6 nitrogen and oxygen atoms in total. The molecule has 6 rings (SSSR count). The molecule has 0 saturated heterocycles. The van der Waals surface area contributed by atoms with Crippen LogP contribution in [-0.2, 0) is 0 Å². The Bertz CT molecular complexity index is 1660. The zero-order valence-electron chi connectivity index (χ0n) is 21.1. The first-order chi connectivity index (χ1) is 18.4. The van der Waals surface area contributed by atoms with Crippen LogP contribution in [0.5, 0.6) is 0 Å². The van der Waals surface area contributed by atoms with Crippen molar-refractivity contribution in [3.63, 3.8) is 0 Å². The topological polar surface area (TPSA) is 88.0 Å². The van der Waals surface area contributed by atoms with Gasteiger partial charge in [0.25, 0.3) is 11.8 Å². The highest BCUT2D eigenvalue weighted by molar-refractivity contribution is 6.12. The van der Waals surface area contributed by atoms with Crippen molar-refractivity contribution >= 4 is 22.8 Å². The van der Waals surface area contributed by atoms with Crippen LogP contribution in [0.4, 0.5) is 4.39 Å². The van der Waals surface area contributed by atoms with E-state index in [0.29, 0.717) is 33.4 Å². The smallest absolute Gasteiger partial charge is 0.255 e. The Morgan fingerprint density at radius 2 is 1.74 bits per heavy atom. The highest BCUT2D eigenvalue weighted by Gasteiger charge is 2.50. The number of rotatable bonds is 6. The molecule has 2 heterocycles. The fourth-order valence-electron chi connectivity index (χ4n) is 5.09. The van der Waals surface area contributed by atoms with E-state index in [-0.39, 0.29) is 23.2 Å². The van der Waals surface area contributed by atoms with E-state index in [4.69, 9.17) is 4.42 Å². The van der Waals surface area contributed by atoms with E-state index < -0.39 is 0 Å². The molecule has 1 fully saturated rings. The number of fused-ring (bicyclic) bond motifs is 1. The predicted molar refractivity (Wildman–Crippen MR) is 144 cm³/mol. The first-order valence-corrected chi connectivity index (χ1v) is 12.6. The number of nitrogens with two attached hydrogens (primary N) is 1. The van der Waals surface area contributed by atoms with Crippen molar-refractivity contribution in [1.82, 2.24) is 10.6 Å². The second-order valence-electron chi connectivity index (χ2n) is 9.84. The molecule has 4 aromatic rings. The highest BCUT2D eigenvalue weighted by atomic mass is 19.1. The molecule has 7 heteroatoms. The monoisotopic (exact) mass is 508 g/mol. The molecule has 0 atom stereocenters. The summed E-state index contributed by atoms with van der Waals surface area (Å²) in [6, 6.07) is 17.2. The van der Waals surface area contributed by atoms with Gasteiger partial charge in [0.15, 0.2) is 0 Å². The molecule has 0 radical (unpaired) electrons. The third-order valence-corrected chi connectivity index (χ3v) is 7.38. The normalized spacial score (nSPS) is 15.4. The van der Waals surface area contributed by atoms with Gasteiger partial charge in [0.05, 0.1) is 11.8 Å². The molecular weight excluding hydrogens is 481 g/mol. The number of carbonyl (C=O) groups is 2. The van der Waals surface area contributed by atoms with Crippen LogP contribution in [0.25, 0.3) is 33.4 Å². The number of furan rings is 1. The average Bonchev–Trinajstić information content (AvgIpc) is 3.33. The Kier molecular flexibility index (Phi) is 5.73. The minimum Gasteiger partial charge on any atom is -0.455 e. The van der Waals surface area contributed by atoms with E-state index in [1.54, 1.807) is 19.2 Å². The van der Waals surface area contributed by atoms with Crippen molar-refractivity contribution in [3.8, 4) is 22.5 Å². The van der Waals surface area contributed by atoms with Gasteiger partial charge in [-0.2, -0.15) is 0 Å². The summed E-state index contributed by atoms with van der Waals surface area (Å²) in [7, 11) is 1.56. The summed E-state index contributed by atoms with van der Waals surface area (Å²) in [5.41, 5.74) is 5.73. The lowest BCUT2D eigenvalue weighted by molar-refractivity contribution is -0.536. The molecule has 1 aliphatic heterocycles. The first kappa shape index (κ1) is 23.9. The molecule has 4 N–H and O–H groups in total. The Balaban J connectivity index is 1.39. The van der Waals surface area contributed by atoms with Gasteiger partial charge in [-0.3, -0.25) is 14.9 Å². The van der Waals surface area contributed by atoms with Crippen LogP contribution in [0.3, 0.4) is 0 Å². The average molecular weight is 509 g/mol. The number of amides is 2. The zero-order chi connectivity index (χ0) is 26.4. The second kappa shape index (κ2) is 9.11. The number of benzene rings is 3. The van der Waals surface area contributed by atoms with Gasteiger partial charge in [-0.15, -0.1) is 0 Å². The highest BCUT2D eigenvalue weighted by Crippen LogP contribution is 2.41. The van der Waals surface area contributed by atoms with Gasteiger partial charge in [-0.25, -0.2) is 4.39 Å². The number of hydrogen-bond acceptors (Lipinski definition) is 3. The van der Waals surface area contributed by atoms with Gasteiger partial charge in [-0.1, -0.05) is 12.1 Å². The van der Waals surface area contributed by atoms with Crippen molar-refractivity contribution in [2.75, 3.05) is 7.05 Å². The molecule has 0 bridgehead atoms. The molecule has 2 amide bonds. The molecule has 1 aromatic heterocycles. The number of quaternary nitrogens is 1. The Morgan fingerprint density at radius 3 is 2.42 bits per heavy atom. The molecular formula is C31H27FN3O3+. The number of carbonyl (C=O) groups excluding carboxylic acids is 2. The van der Waals surface area contributed by atoms with Crippen LogP contribution in [0, 0.1) is 12.7 Å². The lowest BCUT2D eigenvalue weighted by atomic mass is 9.95.